The quantitative estimate of drug-likeness (QED) is 0.795. The molecule has 0 saturated carbocycles. The van der Waals surface area contributed by atoms with Crippen LogP contribution in [0.5, 0.6) is 0 Å². The van der Waals surface area contributed by atoms with Crippen LogP contribution in [0.15, 0.2) is 28.7 Å². The minimum atomic E-state index is 0.200. The second-order valence-corrected chi connectivity index (χ2v) is 6.16. The van der Waals surface area contributed by atoms with Crippen LogP contribution in [-0.4, -0.2) is 54.3 Å². The Kier molecular flexibility index (Phi) is 5.13. The molecule has 2 rings (SSSR count). The van der Waals surface area contributed by atoms with Crippen molar-refractivity contribution in [2.75, 3.05) is 32.7 Å². The van der Waals surface area contributed by atoms with E-state index < -0.39 is 0 Å². The Morgan fingerprint density at radius 1 is 1.21 bits per heavy atom. The molecule has 1 aromatic rings. The third-order valence-corrected chi connectivity index (χ3v) is 4.37. The summed E-state index contributed by atoms with van der Waals surface area (Å²) in [6.45, 7) is 9.04. The fraction of sp³-hybridized carbons (Fsp3) is 0.533. The van der Waals surface area contributed by atoms with Crippen molar-refractivity contribution in [2.45, 2.75) is 19.9 Å². The Morgan fingerprint density at radius 2 is 1.84 bits per heavy atom. The Morgan fingerprint density at radius 3 is 2.42 bits per heavy atom. The topological polar surface area (TPSA) is 23.6 Å². The lowest BCUT2D eigenvalue weighted by molar-refractivity contribution is 0.0806. The van der Waals surface area contributed by atoms with Gasteiger partial charge < -0.3 is 0 Å². The van der Waals surface area contributed by atoms with Gasteiger partial charge in [0.15, 0.2) is 5.78 Å². The van der Waals surface area contributed by atoms with Crippen LogP contribution in [0, 0.1) is 0 Å². The highest BCUT2D eigenvalue weighted by molar-refractivity contribution is 9.10. The number of piperazine rings is 1. The number of hydrogen-bond acceptors (Lipinski definition) is 3. The van der Waals surface area contributed by atoms with Gasteiger partial charge in [0.2, 0.25) is 0 Å². The number of Topliss-reactive ketones (excluding diaryl/α,β-unsaturated/α-hetero) is 1. The highest BCUT2D eigenvalue weighted by Crippen LogP contribution is 2.17. The van der Waals surface area contributed by atoms with Crippen molar-refractivity contribution in [1.82, 2.24) is 9.80 Å². The fourth-order valence-electron chi connectivity index (χ4n) is 2.41. The molecule has 1 fully saturated rings. The van der Waals surface area contributed by atoms with Crippen LogP contribution in [0.1, 0.15) is 24.2 Å². The Hall–Kier alpha value is -0.710. The minimum absolute atomic E-state index is 0.200. The van der Waals surface area contributed by atoms with Crippen molar-refractivity contribution < 1.29 is 4.79 Å². The molecule has 4 heteroatoms. The normalized spacial score (nSPS) is 17.9. The van der Waals surface area contributed by atoms with Gasteiger partial charge >= 0.3 is 0 Å². The van der Waals surface area contributed by atoms with E-state index in [2.05, 4.69) is 39.6 Å². The Labute approximate surface area is 123 Å². The molecule has 0 aliphatic carbocycles. The zero-order valence-corrected chi connectivity index (χ0v) is 13.2. The van der Waals surface area contributed by atoms with Crippen LogP contribution in [0.25, 0.3) is 0 Å². The molecule has 104 valence electrons. The van der Waals surface area contributed by atoms with Crippen LogP contribution < -0.4 is 0 Å². The van der Waals surface area contributed by atoms with Gasteiger partial charge in [-0.05, 0) is 19.9 Å². The second kappa shape index (κ2) is 6.64. The lowest BCUT2D eigenvalue weighted by Crippen LogP contribution is -2.50. The van der Waals surface area contributed by atoms with E-state index in [9.17, 15) is 4.79 Å². The predicted molar refractivity (Wildman–Crippen MR) is 81.6 cm³/mol. The van der Waals surface area contributed by atoms with Gasteiger partial charge in [0.05, 0.1) is 6.54 Å². The number of rotatable bonds is 4. The van der Waals surface area contributed by atoms with Gasteiger partial charge in [-0.2, -0.15) is 0 Å². The van der Waals surface area contributed by atoms with Gasteiger partial charge in [-0.1, -0.05) is 34.1 Å². The summed E-state index contributed by atoms with van der Waals surface area (Å²) in [6.07, 6.45) is 0. The van der Waals surface area contributed by atoms with Gasteiger partial charge in [0.25, 0.3) is 0 Å². The maximum absolute atomic E-state index is 12.3. The molecule has 0 bridgehead atoms. The fourth-order valence-corrected chi connectivity index (χ4v) is 2.92. The molecule has 0 atom stereocenters. The monoisotopic (exact) mass is 324 g/mol. The van der Waals surface area contributed by atoms with E-state index in [4.69, 9.17) is 0 Å². The van der Waals surface area contributed by atoms with Gasteiger partial charge in [0.1, 0.15) is 0 Å². The number of ketones is 1. The predicted octanol–water partition coefficient (Wildman–Crippen LogP) is 2.66. The number of benzene rings is 1. The first-order valence-corrected chi connectivity index (χ1v) is 7.61. The van der Waals surface area contributed by atoms with E-state index >= 15 is 0 Å². The maximum atomic E-state index is 12.3. The maximum Gasteiger partial charge on any atom is 0.177 e. The molecule has 0 aromatic heterocycles. The van der Waals surface area contributed by atoms with Gasteiger partial charge in [-0.25, -0.2) is 0 Å². The SMILES string of the molecule is CC(C)N1CCN(CC(=O)c2ccccc2Br)CC1. The highest BCUT2D eigenvalue weighted by atomic mass is 79.9. The molecule has 1 saturated heterocycles. The summed E-state index contributed by atoms with van der Waals surface area (Å²) in [5.41, 5.74) is 0.786. The van der Waals surface area contributed by atoms with Gasteiger partial charge in [-0.3, -0.25) is 14.6 Å². The molecule has 1 aliphatic heterocycles. The number of hydrogen-bond donors (Lipinski definition) is 0. The molecule has 0 radical (unpaired) electrons. The minimum Gasteiger partial charge on any atom is -0.298 e. The third-order valence-electron chi connectivity index (χ3n) is 3.68. The first-order valence-electron chi connectivity index (χ1n) is 6.82. The summed E-state index contributed by atoms with van der Waals surface area (Å²) in [4.78, 5) is 17.0. The average molecular weight is 325 g/mol. The molecular weight excluding hydrogens is 304 g/mol. The van der Waals surface area contributed by atoms with Crippen molar-refractivity contribution >= 4 is 21.7 Å². The second-order valence-electron chi connectivity index (χ2n) is 5.31. The lowest BCUT2D eigenvalue weighted by atomic mass is 10.1. The Bertz CT molecular complexity index is 440. The Balaban J connectivity index is 1.89. The molecule has 0 unspecified atom stereocenters. The van der Waals surface area contributed by atoms with E-state index in [1.807, 2.05) is 24.3 Å². The molecule has 0 N–H and O–H groups in total. The zero-order valence-electron chi connectivity index (χ0n) is 11.6. The van der Waals surface area contributed by atoms with Crippen molar-refractivity contribution in [2.24, 2.45) is 0 Å². The smallest absolute Gasteiger partial charge is 0.177 e. The summed E-state index contributed by atoms with van der Waals surface area (Å²) in [6, 6.07) is 8.25. The van der Waals surface area contributed by atoms with Crippen LogP contribution in [0.4, 0.5) is 0 Å². The molecule has 0 spiro atoms. The van der Waals surface area contributed by atoms with E-state index in [1.165, 1.54) is 0 Å². The lowest BCUT2D eigenvalue weighted by Gasteiger charge is -2.36. The first-order chi connectivity index (χ1) is 9.08. The molecule has 19 heavy (non-hydrogen) atoms. The van der Waals surface area contributed by atoms with Crippen molar-refractivity contribution in [3.63, 3.8) is 0 Å². The third kappa shape index (κ3) is 3.88. The number of halogens is 1. The van der Waals surface area contributed by atoms with Gasteiger partial charge in [0, 0.05) is 42.3 Å². The van der Waals surface area contributed by atoms with Gasteiger partial charge in [-0.15, -0.1) is 0 Å². The molecule has 1 aliphatic rings. The molecule has 1 aromatic carbocycles. The molecule has 1 heterocycles. The molecular formula is C15H21BrN2O. The summed E-state index contributed by atoms with van der Waals surface area (Å²) in [5, 5.41) is 0. The van der Waals surface area contributed by atoms with E-state index in [-0.39, 0.29) is 5.78 Å². The van der Waals surface area contributed by atoms with Crippen molar-refractivity contribution in [1.29, 1.82) is 0 Å². The summed E-state index contributed by atoms with van der Waals surface area (Å²) < 4.78 is 0.890. The highest BCUT2D eigenvalue weighted by Gasteiger charge is 2.21. The number of carbonyl (C=O) groups is 1. The summed E-state index contributed by atoms with van der Waals surface area (Å²) in [7, 11) is 0. The van der Waals surface area contributed by atoms with Crippen LogP contribution in [0.3, 0.4) is 0 Å². The first kappa shape index (κ1) is 14.7. The van der Waals surface area contributed by atoms with E-state index in [0.717, 1.165) is 36.2 Å². The van der Waals surface area contributed by atoms with E-state index in [1.54, 1.807) is 0 Å². The van der Waals surface area contributed by atoms with Crippen LogP contribution >= 0.6 is 15.9 Å². The molecule has 3 nitrogen and oxygen atoms in total. The zero-order chi connectivity index (χ0) is 13.8. The number of carbonyl (C=O) groups excluding carboxylic acids is 1. The van der Waals surface area contributed by atoms with Crippen LogP contribution in [-0.2, 0) is 0 Å². The summed E-state index contributed by atoms with van der Waals surface area (Å²) >= 11 is 3.44. The standard InChI is InChI=1S/C15H21BrN2O/c1-12(2)18-9-7-17(8-10-18)11-15(19)13-5-3-4-6-14(13)16/h3-6,12H,7-11H2,1-2H3. The number of nitrogens with zero attached hydrogens (tertiary/aromatic N) is 2. The summed E-state index contributed by atoms with van der Waals surface area (Å²) in [5.74, 6) is 0.200. The largest absolute Gasteiger partial charge is 0.298 e. The van der Waals surface area contributed by atoms with Crippen molar-refractivity contribution in [3.8, 4) is 0 Å². The van der Waals surface area contributed by atoms with Crippen molar-refractivity contribution in [3.05, 3.63) is 34.3 Å². The molecule has 0 amide bonds. The van der Waals surface area contributed by atoms with E-state index in [0.29, 0.717) is 12.6 Å². The average Bonchev–Trinajstić information content (AvgIpc) is 2.39. The van der Waals surface area contributed by atoms with Crippen LogP contribution in [0.2, 0.25) is 0 Å².